The van der Waals surface area contributed by atoms with E-state index in [1.165, 1.54) is 11.1 Å². The summed E-state index contributed by atoms with van der Waals surface area (Å²) in [5, 5.41) is 3.58. The van der Waals surface area contributed by atoms with Crippen LogP contribution in [0.15, 0.2) is 35.9 Å². The van der Waals surface area contributed by atoms with Crippen LogP contribution in [0.25, 0.3) is 0 Å². The van der Waals surface area contributed by atoms with Crippen LogP contribution in [-0.4, -0.2) is 13.2 Å². The molecule has 2 nitrogen and oxygen atoms in total. The second-order valence-corrected chi connectivity index (χ2v) is 5.05. The van der Waals surface area contributed by atoms with Crippen LogP contribution in [0.4, 0.5) is 0 Å². The van der Waals surface area contributed by atoms with Crippen LogP contribution < -0.4 is 10.1 Å². The molecule has 1 N–H and O–H groups in total. The van der Waals surface area contributed by atoms with Crippen LogP contribution in [0, 0.1) is 0 Å². The molecule has 0 aliphatic heterocycles. The van der Waals surface area contributed by atoms with E-state index < -0.39 is 0 Å². The molecule has 0 amide bonds. The van der Waals surface area contributed by atoms with Crippen molar-refractivity contribution in [1.29, 1.82) is 0 Å². The Morgan fingerprint density at radius 3 is 2.63 bits per heavy atom. The highest BCUT2D eigenvalue weighted by atomic mass is 16.5. The van der Waals surface area contributed by atoms with Crippen LogP contribution in [0.5, 0.6) is 5.75 Å². The molecular weight excluding hydrogens is 234 g/mol. The topological polar surface area (TPSA) is 21.3 Å². The van der Waals surface area contributed by atoms with Crippen LogP contribution in [-0.2, 0) is 0 Å². The summed E-state index contributed by atoms with van der Waals surface area (Å²) in [5.74, 6) is 0.996. The molecule has 1 aromatic carbocycles. The molecule has 106 valence electrons. The quantitative estimate of drug-likeness (QED) is 0.696. The zero-order valence-corrected chi connectivity index (χ0v) is 12.7. The van der Waals surface area contributed by atoms with Crippen LogP contribution >= 0.6 is 0 Å². The van der Waals surface area contributed by atoms with Gasteiger partial charge in [0, 0.05) is 11.6 Å². The van der Waals surface area contributed by atoms with Gasteiger partial charge in [-0.2, -0.15) is 0 Å². The number of rotatable bonds is 8. The first-order valence-corrected chi connectivity index (χ1v) is 7.27. The average molecular weight is 261 g/mol. The normalized spacial score (nSPS) is 12.0. The van der Waals surface area contributed by atoms with Crippen molar-refractivity contribution in [2.24, 2.45) is 0 Å². The van der Waals surface area contributed by atoms with E-state index in [0.29, 0.717) is 12.6 Å². The summed E-state index contributed by atoms with van der Waals surface area (Å²) >= 11 is 0. The van der Waals surface area contributed by atoms with Crippen molar-refractivity contribution in [2.45, 2.75) is 46.6 Å². The molecular formula is C17H27NO. The molecule has 19 heavy (non-hydrogen) atoms. The van der Waals surface area contributed by atoms with Gasteiger partial charge >= 0.3 is 0 Å². The van der Waals surface area contributed by atoms with Gasteiger partial charge in [0.15, 0.2) is 0 Å². The minimum absolute atomic E-state index is 0.378. The summed E-state index contributed by atoms with van der Waals surface area (Å²) in [6.45, 7) is 10.3. The zero-order chi connectivity index (χ0) is 14.1. The minimum Gasteiger partial charge on any atom is -0.489 e. The van der Waals surface area contributed by atoms with Crippen LogP contribution in [0.2, 0.25) is 0 Å². The molecule has 0 saturated carbocycles. The molecule has 1 unspecified atom stereocenters. The summed E-state index contributed by atoms with van der Waals surface area (Å²) in [6.07, 6.45) is 4.33. The fourth-order valence-electron chi connectivity index (χ4n) is 1.99. The highest BCUT2D eigenvalue weighted by Gasteiger charge is 2.12. The summed E-state index contributed by atoms with van der Waals surface area (Å²) in [4.78, 5) is 0. The van der Waals surface area contributed by atoms with Crippen molar-refractivity contribution >= 4 is 0 Å². The first kappa shape index (κ1) is 15.8. The number of nitrogens with one attached hydrogen (secondary N) is 1. The number of para-hydroxylation sites is 1. The molecule has 0 spiro atoms. The Labute approximate surface area is 117 Å². The molecule has 0 aliphatic rings. The van der Waals surface area contributed by atoms with Gasteiger partial charge in [-0.05, 0) is 45.4 Å². The Balaban J connectivity index is 2.78. The van der Waals surface area contributed by atoms with Crippen molar-refractivity contribution < 1.29 is 4.74 Å². The molecule has 1 aromatic rings. The molecule has 0 saturated heterocycles. The lowest BCUT2D eigenvalue weighted by Gasteiger charge is -2.20. The van der Waals surface area contributed by atoms with Gasteiger partial charge in [-0.1, -0.05) is 37.6 Å². The first-order chi connectivity index (χ1) is 9.19. The number of ether oxygens (including phenoxy) is 1. The van der Waals surface area contributed by atoms with Crippen LogP contribution in [0.3, 0.4) is 0 Å². The van der Waals surface area contributed by atoms with Crippen LogP contribution in [0.1, 0.15) is 52.1 Å². The van der Waals surface area contributed by atoms with Crippen molar-refractivity contribution in [2.75, 3.05) is 13.2 Å². The maximum Gasteiger partial charge on any atom is 0.124 e. The van der Waals surface area contributed by atoms with E-state index >= 15 is 0 Å². The van der Waals surface area contributed by atoms with Crippen molar-refractivity contribution in [3.63, 3.8) is 0 Å². The lowest BCUT2D eigenvalue weighted by molar-refractivity contribution is 0.350. The Bertz CT molecular complexity index is 394. The molecule has 1 atom stereocenters. The van der Waals surface area contributed by atoms with E-state index in [4.69, 9.17) is 4.74 Å². The summed E-state index contributed by atoms with van der Waals surface area (Å²) in [6, 6.07) is 8.72. The van der Waals surface area contributed by atoms with Crippen molar-refractivity contribution in [3.05, 3.63) is 41.5 Å². The van der Waals surface area contributed by atoms with Gasteiger partial charge in [-0.3, -0.25) is 0 Å². The summed E-state index contributed by atoms with van der Waals surface area (Å²) in [7, 11) is 0. The number of hydrogen-bond donors (Lipinski definition) is 1. The van der Waals surface area contributed by atoms with Gasteiger partial charge in [-0.25, -0.2) is 0 Å². The van der Waals surface area contributed by atoms with Gasteiger partial charge in [0.1, 0.15) is 12.4 Å². The molecule has 1 rings (SSSR count). The maximum absolute atomic E-state index is 5.89. The van der Waals surface area contributed by atoms with Gasteiger partial charge in [0.25, 0.3) is 0 Å². The third-order valence-electron chi connectivity index (χ3n) is 3.07. The van der Waals surface area contributed by atoms with E-state index in [1.807, 2.05) is 6.07 Å². The highest BCUT2D eigenvalue weighted by molar-refractivity contribution is 5.36. The van der Waals surface area contributed by atoms with E-state index in [2.05, 4.69) is 57.3 Å². The molecule has 2 heteroatoms. The Hall–Kier alpha value is -1.28. The lowest BCUT2D eigenvalue weighted by atomic mass is 10.0. The Morgan fingerprint density at radius 2 is 2.00 bits per heavy atom. The van der Waals surface area contributed by atoms with E-state index in [9.17, 15) is 0 Å². The largest absolute Gasteiger partial charge is 0.489 e. The van der Waals surface area contributed by atoms with Crippen molar-refractivity contribution in [3.8, 4) is 5.75 Å². The second-order valence-electron chi connectivity index (χ2n) is 5.05. The van der Waals surface area contributed by atoms with E-state index in [-0.39, 0.29) is 0 Å². The smallest absolute Gasteiger partial charge is 0.124 e. The minimum atomic E-state index is 0.378. The predicted octanol–water partition coefficient (Wildman–Crippen LogP) is 4.48. The third kappa shape index (κ3) is 5.48. The summed E-state index contributed by atoms with van der Waals surface area (Å²) in [5.41, 5.74) is 2.55. The molecule has 0 aromatic heterocycles. The first-order valence-electron chi connectivity index (χ1n) is 7.27. The van der Waals surface area contributed by atoms with Gasteiger partial charge in [-0.15, -0.1) is 0 Å². The average Bonchev–Trinajstić information content (AvgIpc) is 2.40. The standard InChI is InChI=1S/C17H27NO/c1-5-12-18-16(6-2)15-9-7-8-10-17(15)19-13-11-14(3)4/h7-11,16,18H,5-6,12-13H2,1-4H3. The molecule has 0 aliphatic carbocycles. The van der Waals surface area contributed by atoms with Gasteiger partial charge in [0.2, 0.25) is 0 Å². The van der Waals surface area contributed by atoms with Crippen molar-refractivity contribution in [1.82, 2.24) is 5.32 Å². The van der Waals surface area contributed by atoms with E-state index in [0.717, 1.165) is 25.1 Å². The predicted molar refractivity (Wildman–Crippen MR) is 82.7 cm³/mol. The molecule has 0 fully saturated rings. The molecule has 0 heterocycles. The molecule has 0 bridgehead atoms. The summed E-state index contributed by atoms with van der Waals surface area (Å²) < 4.78 is 5.89. The maximum atomic E-state index is 5.89. The SMILES string of the molecule is CCCNC(CC)c1ccccc1OCC=C(C)C. The fraction of sp³-hybridized carbons (Fsp3) is 0.529. The Kier molecular flexibility index (Phi) is 7.27. The number of benzene rings is 1. The van der Waals surface area contributed by atoms with Gasteiger partial charge in [0.05, 0.1) is 0 Å². The number of hydrogen-bond acceptors (Lipinski definition) is 2. The Morgan fingerprint density at radius 1 is 1.26 bits per heavy atom. The molecule has 0 radical (unpaired) electrons. The lowest BCUT2D eigenvalue weighted by Crippen LogP contribution is -2.22. The van der Waals surface area contributed by atoms with Gasteiger partial charge < -0.3 is 10.1 Å². The third-order valence-corrected chi connectivity index (χ3v) is 3.07. The highest BCUT2D eigenvalue weighted by Crippen LogP contribution is 2.27. The number of allylic oxidation sites excluding steroid dienone is 1. The zero-order valence-electron chi connectivity index (χ0n) is 12.7. The fourth-order valence-corrected chi connectivity index (χ4v) is 1.99. The monoisotopic (exact) mass is 261 g/mol. The second kappa shape index (κ2) is 8.76. The van der Waals surface area contributed by atoms with E-state index in [1.54, 1.807) is 0 Å².